The number of halogens is 1. The summed E-state index contributed by atoms with van der Waals surface area (Å²) in [6.45, 7) is 2.22. The monoisotopic (exact) mass is 478 g/mol. The second kappa shape index (κ2) is 9.17. The van der Waals surface area contributed by atoms with Crippen molar-refractivity contribution in [2.45, 2.75) is 12.1 Å². The average molecular weight is 479 g/mol. The first-order valence-corrected chi connectivity index (χ1v) is 11.5. The number of nitrogens with zero attached hydrogens (tertiary/aromatic N) is 3. The quantitative estimate of drug-likeness (QED) is 0.376. The largest absolute Gasteiger partial charge is 0.454 e. The summed E-state index contributed by atoms with van der Waals surface area (Å²) in [7, 11) is 0. The Balaban J connectivity index is 1.37. The van der Waals surface area contributed by atoms with E-state index in [-0.39, 0.29) is 18.5 Å². The number of benzene rings is 3. The number of thioether (sulfide) groups is 1. The molecule has 1 N–H and O–H groups in total. The van der Waals surface area contributed by atoms with Crippen molar-refractivity contribution >= 4 is 35.0 Å². The Morgan fingerprint density at radius 2 is 1.79 bits per heavy atom. The number of aromatic nitrogens is 3. The lowest BCUT2D eigenvalue weighted by atomic mass is 10.1. The zero-order valence-corrected chi connectivity index (χ0v) is 19.2. The summed E-state index contributed by atoms with van der Waals surface area (Å²) in [5.41, 5.74) is 3.59. The van der Waals surface area contributed by atoms with E-state index in [2.05, 4.69) is 15.5 Å². The number of carbonyl (C=O) groups is 1. The SMILES string of the molecule is Cc1ccc(-c2nnc(SCC(=O)Nc3ccc4c(c3)OCO4)n2-c2ccc(Cl)cc2)cc1. The van der Waals surface area contributed by atoms with Gasteiger partial charge in [-0.2, -0.15) is 0 Å². The Bertz CT molecular complexity index is 1310. The van der Waals surface area contributed by atoms with Gasteiger partial charge in [-0.25, -0.2) is 0 Å². The highest BCUT2D eigenvalue weighted by Gasteiger charge is 2.18. The van der Waals surface area contributed by atoms with Crippen LogP contribution in [0.4, 0.5) is 5.69 Å². The molecule has 2 heterocycles. The first-order valence-electron chi connectivity index (χ1n) is 10.2. The summed E-state index contributed by atoms with van der Waals surface area (Å²) in [6, 6.07) is 20.8. The highest BCUT2D eigenvalue weighted by molar-refractivity contribution is 7.99. The lowest BCUT2D eigenvalue weighted by molar-refractivity contribution is -0.113. The predicted octanol–water partition coefficient (Wildman–Crippen LogP) is 5.36. The van der Waals surface area contributed by atoms with Crippen molar-refractivity contribution in [3.63, 3.8) is 0 Å². The summed E-state index contributed by atoms with van der Waals surface area (Å²) >= 11 is 7.39. The molecule has 0 unspecified atom stereocenters. The molecule has 3 aromatic carbocycles. The van der Waals surface area contributed by atoms with E-state index in [9.17, 15) is 4.79 Å². The van der Waals surface area contributed by atoms with Gasteiger partial charge in [0.15, 0.2) is 22.5 Å². The molecule has 0 saturated carbocycles. The van der Waals surface area contributed by atoms with Crippen LogP contribution >= 0.6 is 23.4 Å². The Morgan fingerprint density at radius 3 is 2.58 bits per heavy atom. The lowest BCUT2D eigenvalue weighted by Gasteiger charge is -2.11. The maximum atomic E-state index is 12.6. The van der Waals surface area contributed by atoms with Gasteiger partial charge in [-0.15, -0.1) is 10.2 Å². The molecular weight excluding hydrogens is 460 g/mol. The summed E-state index contributed by atoms with van der Waals surface area (Å²) < 4.78 is 12.6. The zero-order chi connectivity index (χ0) is 22.8. The smallest absolute Gasteiger partial charge is 0.234 e. The van der Waals surface area contributed by atoms with Gasteiger partial charge < -0.3 is 14.8 Å². The molecule has 1 aromatic heterocycles. The highest BCUT2D eigenvalue weighted by Crippen LogP contribution is 2.34. The van der Waals surface area contributed by atoms with Crippen molar-refractivity contribution < 1.29 is 14.3 Å². The fourth-order valence-electron chi connectivity index (χ4n) is 3.38. The Labute approximate surface area is 199 Å². The van der Waals surface area contributed by atoms with Crippen LogP contribution in [0.2, 0.25) is 5.02 Å². The van der Waals surface area contributed by atoms with Gasteiger partial charge in [-0.3, -0.25) is 9.36 Å². The van der Waals surface area contributed by atoms with Crippen LogP contribution < -0.4 is 14.8 Å². The van der Waals surface area contributed by atoms with Crippen LogP contribution in [-0.4, -0.2) is 33.2 Å². The lowest BCUT2D eigenvalue weighted by Crippen LogP contribution is -2.14. The van der Waals surface area contributed by atoms with E-state index in [0.29, 0.717) is 33.2 Å². The van der Waals surface area contributed by atoms with Gasteiger partial charge in [0, 0.05) is 28.0 Å². The standard InChI is InChI=1S/C24H19ClN4O3S/c1-15-2-4-16(5-3-15)23-27-28-24(29(23)19-9-6-17(25)7-10-19)33-13-22(30)26-18-8-11-20-21(12-18)32-14-31-20/h2-12H,13-14H2,1H3,(H,26,30). The van der Waals surface area contributed by atoms with E-state index in [4.69, 9.17) is 21.1 Å². The Hall–Kier alpha value is -3.49. The molecule has 166 valence electrons. The number of nitrogens with one attached hydrogen (secondary N) is 1. The van der Waals surface area contributed by atoms with E-state index in [0.717, 1.165) is 16.8 Å². The van der Waals surface area contributed by atoms with Crippen LogP contribution in [0.5, 0.6) is 11.5 Å². The third-order valence-electron chi connectivity index (χ3n) is 5.02. The molecule has 0 saturated heterocycles. The van der Waals surface area contributed by atoms with Crippen LogP contribution in [0.3, 0.4) is 0 Å². The van der Waals surface area contributed by atoms with Crippen LogP contribution in [0.1, 0.15) is 5.56 Å². The number of hydrogen-bond acceptors (Lipinski definition) is 6. The van der Waals surface area contributed by atoms with Gasteiger partial charge in [-0.05, 0) is 43.3 Å². The molecule has 5 rings (SSSR count). The number of carbonyl (C=O) groups excluding carboxylic acids is 1. The minimum atomic E-state index is -0.165. The third kappa shape index (κ3) is 4.67. The van der Waals surface area contributed by atoms with Crippen LogP contribution in [-0.2, 0) is 4.79 Å². The van der Waals surface area contributed by atoms with Gasteiger partial charge in [0.05, 0.1) is 5.75 Å². The first kappa shape index (κ1) is 21.4. The molecule has 0 atom stereocenters. The number of anilines is 1. The van der Waals surface area contributed by atoms with Crippen molar-refractivity contribution in [3.8, 4) is 28.6 Å². The van der Waals surface area contributed by atoms with E-state index < -0.39 is 0 Å². The molecule has 7 nitrogen and oxygen atoms in total. The van der Waals surface area contributed by atoms with Crippen LogP contribution in [0, 0.1) is 6.92 Å². The van der Waals surface area contributed by atoms with Crippen molar-refractivity contribution in [3.05, 3.63) is 77.3 Å². The van der Waals surface area contributed by atoms with E-state index in [1.807, 2.05) is 60.0 Å². The average Bonchev–Trinajstić information content (AvgIpc) is 3.45. The van der Waals surface area contributed by atoms with Gasteiger partial charge >= 0.3 is 0 Å². The fourth-order valence-corrected chi connectivity index (χ4v) is 4.26. The van der Waals surface area contributed by atoms with Gasteiger partial charge in [0.1, 0.15) is 0 Å². The second-order valence-electron chi connectivity index (χ2n) is 7.39. The Morgan fingerprint density at radius 1 is 1.03 bits per heavy atom. The number of rotatable bonds is 6. The number of ether oxygens (including phenoxy) is 2. The highest BCUT2D eigenvalue weighted by atomic mass is 35.5. The maximum Gasteiger partial charge on any atom is 0.234 e. The molecule has 0 bridgehead atoms. The maximum absolute atomic E-state index is 12.6. The third-order valence-corrected chi connectivity index (χ3v) is 6.20. The van der Waals surface area contributed by atoms with E-state index in [1.54, 1.807) is 18.2 Å². The molecule has 1 amide bonds. The van der Waals surface area contributed by atoms with Crippen molar-refractivity contribution in [1.29, 1.82) is 0 Å². The molecule has 0 fully saturated rings. The summed E-state index contributed by atoms with van der Waals surface area (Å²) in [5.74, 6) is 1.97. The van der Waals surface area contributed by atoms with Crippen molar-refractivity contribution in [2.75, 3.05) is 17.9 Å². The molecule has 0 aliphatic carbocycles. The fraction of sp³-hybridized carbons (Fsp3) is 0.125. The van der Waals surface area contributed by atoms with Crippen molar-refractivity contribution in [1.82, 2.24) is 14.8 Å². The Kier molecular flexibility index (Phi) is 5.93. The molecule has 1 aliphatic heterocycles. The number of fused-ring (bicyclic) bond motifs is 1. The van der Waals surface area contributed by atoms with Crippen LogP contribution in [0.25, 0.3) is 17.1 Å². The molecule has 4 aromatic rings. The normalized spacial score (nSPS) is 12.1. The van der Waals surface area contributed by atoms with Gasteiger partial charge in [-0.1, -0.05) is 53.2 Å². The first-order chi connectivity index (χ1) is 16.1. The molecule has 33 heavy (non-hydrogen) atoms. The number of aryl methyl sites for hydroxylation is 1. The number of hydrogen-bond donors (Lipinski definition) is 1. The zero-order valence-electron chi connectivity index (χ0n) is 17.6. The molecule has 1 aliphatic rings. The molecule has 9 heteroatoms. The topological polar surface area (TPSA) is 78.3 Å². The number of amides is 1. The summed E-state index contributed by atoms with van der Waals surface area (Å²) in [5, 5.41) is 12.9. The molecular formula is C24H19ClN4O3S. The van der Waals surface area contributed by atoms with Gasteiger partial charge in [0.2, 0.25) is 12.7 Å². The minimum Gasteiger partial charge on any atom is -0.454 e. The molecule has 0 radical (unpaired) electrons. The summed E-state index contributed by atoms with van der Waals surface area (Å²) in [4.78, 5) is 12.6. The van der Waals surface area contributed by atoms with Gasteiger partial charge in [0.25, 0.3) is 0 Å². The van der Waals surface area contributed by atoms with E-state index in [1.165, 1.54) is 11.8 Å². The second-order valence-corrected chi connectivity index (χ2v) is 8.77. The minimum absolute atomic E-state index is 0.161. The van der Waals surface area contributed by atoms with E-state index >= 15 is 0 Å². The summed E-state index contributed by atoms with van der Waals surface area (Å²) in [6.07, 6.45) is 0. The van der Waals surface area contributed by atoms with Crippen molar-refractivity contribution in [2.24, 2.45) is 0 Å². The predicted molar refractivity (Wildman–Crippen MR) is 128 cm³/mol. The molecule has 0 spiro atoms. The van der Waals surface area contributed by atoms with Crippen LogP contribution in [0.15, 0.2) is 71.9 Å².